The van der Waals surface area contributed by atoms with Gasteiger partial charge in [0.1, 0.15) is 17.5 Å². The summed E-state index contributed by atoms with van der Waals surface area (Å²) in [5, 5.41) is 13.6. The number of benzene rings is 2. The summed E-state index contributed by atoms with van der Waals surface area (Å²) >= 11 is 3.20. The minimum absolute atomic E-state index is 0.0578. The predicted octanol–water partition coefficient (Wildman–Crippen LogP) is 7.96. The quantitative estimate of drug-likeness (QED) is 0.0874. The second kappa shape index (κ2) is 17.0. The minimum Gasteiger partial charge on any atom is -0.440 e. The van der Waals surface area contributed by atoms with Crippen LogP contribution in [0.5, 0.6) is 0 Å². The van der Waals surface area contributed by atoms with E-state index in [-0.39, 0.29) is 24.3 Å². The third-order valence-electron chi connectivity index (χ3n) is 13.4. The Kier molecular flexibility index (Phi) is 10.8. The van der Waals surface area contributed by atoms with E-state index in [1.807, 2.05) is 70.3 Å². The van der Waals surface area contributed by atoms with Crippen molar-refractivity contribution in [3.63, 3.8) is 0 Å². The van der Waals surface area contributed by atoms with Gasteiger partial charge in [0.15, 0.2) is 0 Å². The number of pyridine rings is 2. The van der Waals surface area contributed by atoms with Crippen LogP contribution < -0.4 is 26.6 Å². The first-order valence-corrected chi connectivity index (χ1v) is 23.9. The van der Waals surface area contributed by atoms with Gasteiger partial charge in [-0.05, 0) is 95.4 Å². The van der Waals surface area contributed by atoms with Gasteiger partial charge in [0.2, 0.25) is 5.91 Å². The van der Waals surface area contributed by atoms with Crippen molar-refractivity contribution in [3.05, 3.63) is 125 Å². The number of nitrogens with two attached hydrogens (primary N) is 1. The molecule has 66 heavy (non-hydrogen) atoms. The van der Waals surface area contributed by atoms with Crippen LogP contribution in [0.1, 0.15) is 58.5 Å². The first-order chi connectivity index (χ1) is 32.1. The van der Waals surface area contributed by atoms with Gasteiger partial charge in [-0.25, -0.2) is 9.78 Å². The summed E-state index contributed by atoms with van der Waals surface area (Å²) in [5.41, 5.74) is 10.6. The second-order valence-corrected chi connectivity index (χ2v) is 19.7. The molecular formula is C49H47N9O6S2. The van der Waals surface area contributed by atoms with Gasteiger partial charge in [0.05, 0.1) is 71.4 Å². The molecule has 4 aliphatic heterocycles. The molecule has 1 unspecified atom stereocenters. The lowest BCUT2D eigenvalue weighted by Gasteiger charge is -2.53. The number of thiophene rings is 2. The zero-order chi connectivity index (χ0) is 45.0. The average molecular weight is 922 g/mol. The van der Waals surface area contributed by atoms with Crippen LogP contribution in [0.3, 0.4) is 0 Å². The highest BCUT2D eigenvalue weighted by atomic mass is 32.1. The van der Waals surface area contributed by atoms with Gasteiger partial charge in [0, 0.05) is 60.5 Å². The number of aromatic nitrogens is 2. The van der Waals surface area contributed by atoms with Crippen molar-refractivity contribution in [2.24, 2.45) is 0 Å². The van der Waals surface area contributed by atoms with E-state index in [1.54, 1.807) is 59.2 Å². The number of hydrogen-bond donors (Lipinski definition) is 4. The first-order valence-electron chi connectivity index (χ1n) is 22.2. The summed E-state index contributed by atoms with van der Waals surface area (Å²) in [4.78, 5) is 72.1. The molecule has 0 bridgehead atoms. The molecule has 4 amide bonds. The van der Waals surface area contributed by atoms with Gasteiger partial charge in [-0.2, -0.15) is 0 Å². The zero-order valence-electron chi connectivity index (χ0n) is 35.9. The largest absolute Gasteiger partial charge is 0.440 e. The standard InChI is InChI=1S/C49H47N9O6S2/c50-36-12-6-30(41-3-1-19-65-41)21-38(36)54-44(59)32-5-9-34(51-24-32)26-58-46(61)40(23-48(58)27-56(28-48)35-10-11-35)53-37-13-7-31(42-4-2-20-66-42)22-39(37)55-45(60)33-8-14-43(52-25-33)57-29-49(64-47(57)62)15-17-63-18-16-49/h1-9,12-14,19-22,24-25,35,40,53H,10-11,15-18,23,26-29,50H2,(H,54,59)(H,55,60). The Balaban J connectivity index is 0.803. The Bertz CT molecular complexity index is 2800. The fourth-order valence-corrected chi connectivity index (χ4v) is 11.0. The van der Waals surface area contributed by atoms with Crippen molar-refractivity contribution in [1.82, 2.24) is 19.8 Å². The van der Waals surface area contributed by atoms with Gasteiger partial charge in [-0.1, -0.05) is 24.3 Å². The molecule has 0 radical (unpaired) electrons. The molecule has 2 aromatic carbocycles. The lowest BCUT2D eigenvalue weighted by atomic mass is 9.85. The van der Waals surface area contributed by atoms with Crippen molar-refractivity contribution >= 4 is 75.1 Å². The van der Waals surface area contributed by atoms with Crippen LogP contribution in [0.25, 0.3) is 20.9 Å². The molecule has 4 aromatic heterocycles. The van der Waals surface area contributed by atoms with Crippen molar-refractivity contribution in [1.29, 1.82) is 0 Å². The number of nitrogen functional groups attached to an aromatic ring is 1. The Morgan fingerprint density at radius 2 is 1.44 bits per heavy atom. The van der Waals surface area contributed by atoms with E-state index in [0.717, 1.165) is 34.0 Å². The maximum absolute atomic E-state index is 14.6. The molecule has 336 valence electrons. The van der Waals surface area contributed by atoms with Gasteiger partial charge in [-0.15, -0.1) is 22.7 Å². The maximum Gasteiger partial charge on any atom is 0.416 e. The van der Waals surface area contributed by atoms with Gasteiger partial charge in [-0.3, -0.25) is 29.2 Å². The van der Waals surface area contributed by atoms with Crippen LogP contribution >= 0.6 is 22.7 Å². The Morgan fingerprint density at radius 3 is 2.08 bits per heavy atom. The van der Waals surface area contributed by atoms with E-state index in [4.69, 9.17) is 15.2 Å². The molecule has 4 saturated heterocycles. The lowest BCUT2D eigenvalue weighted by Crippen LogP contribution is -2.68. The van der Waals surface area contributed by atoms with Crippen LogP contribution in [0, 0.1) is 0 Å². The fourth-order valence-electron chi connectivity index (χ4n) is 9.57. The topological polar surface area (TPSA) is 184 Å². The number of hydrogen-bond acceptors (Lipinski definition) is 13. The molecule has 6 aromatic rings. The highest BCUT2D eigenvalue weighted by Gasteiger charge is 2.59. The first kappa shape index (κ1) is 42.0. The number of likely N-dealkylation sites (tertiary alicyclic amines) is 2. The summed E-state index contributed by atoms with van der Waals surface area (Å²) in [6.07, 6.45) is 6.69. The molecule has 1 aliphatic carbocycles. The summed E-state index contributed by atoms with van der Waals surface area (Å²) in [7, 11) is 0. The van der Waals surface area contributed by atoms with Crippen molar-refractivity contribution in [2.45, 2.75) is 61.9 Å². The molecule has 5 N–H and O–H groups in total. The number of nitrogens with zero attached hydrogens (tertiary/aromatic N) is 5. The Morgan fingerprint density at radius 1 is 0.773 bits per heavy atom. The van der Waals surface area contributed by atoms with Crippen LogP contribution in [0.2, 0.25) is 0 Å². The molecule has 1 atom stereocenters. The predicted molar refractivity (Wildman–Crippen MR) is 255 cm³/mol. The average Bonchev–Trinajstić information content (AvgIpc) is 3.63. The van der Waals surface area contributed by atoms with Crippen LogP contribution in [-0.2, 0) is 20.8 Å². The molecule has 15 nitrogen and oxygen atoms in total. The molecule has 11 rings (SSSR count). The van der Waals surface area contributed by atoms with Crippen LogP contribution in [0.15, 0.2) is 108 Å². The van der Waals surface area contributed by atoms with Crippen molar-refractivity contribution in [2.75, 3.05) is 59.4 Å². The van der Waals surface area contributed by atoms with Crippen LogP contribution in [0.4, 0.5) is 33.4 Å². The van der Waals surface area contributed by atoms with Gasteiger partial charge < -0.3 is 36.1 Å². The molecule has 2 spiro atoms. The molecule has 5 fully saturated rings. The van der Waals surface area contributed by atoms with Gasteiger partial charge >= 0.3 is 6.09 Å². The van der Waals surface area contributed by atoms with Crippen molar-refractivity contribution < 1.29 is 28.7 Å². The summed E-state index contributed by atoms with van der Waals surface area (Å²) in [5.74, 6) is -0.374. The maximum atomic E-state index is 14.6. The smallest absolute Gasteiger partial charge is 0.416 e. The summed E-state index contributed by atoms with van der Waals surface area (Å²) in [6.45, 7) is 3.25. The molecular weight excluding hydrogens is 875 g/mol. The molecule has 8 heterocycles. The number of rotatable bonds is 12. The number of carbonyl (C=O) groups is 4. The highest BCUT2D eigenvalue weighted by Crippen LogP contribution is 2.45. The van der Waals surface area contributed by atoms with E-state index >= 15 is 0 Å². The number of amides is 4. The Hall–Kier alpha value is -6.66. The van der Waals surface area contributed by atoms with Crippen molar-refractivity contribution in [3.8, 4) is 20.9 Å². The normalized spacial score (nSPS) is 19.8. The third kappa shape index (κ3) is 8.16. The number of anilines is 5. The van der Waals surface area contributed by atoms with E-state index in [0.29, 0.717) is 90.5 Å². The molecule has 1 saturated carbocycles. The fraction of sp³-hybridized carbons (Fsp3) is 0.306. The van der Waals surface area contributed by atoms with Crippen LogP contribution in [-0.4, -0.2) is 99.7 Å². The molecule has 17 heteroatoms. The minimum atomic E-state index is -0.590. The summed E-state index contributed by atoms with van der Waals surface area (Å²) < 4.78 is 11.3. The third-order valence-corrected chi connectivity index (χ3v) is 15.2. The summed E-state index contributed by atoms with van der Waals surface area (Å²) in [6, 6.07) is 26.2. The monoisotopic (exact) mass is 921 g/mol. The number of carbonyl (C=O) groups excluding carboxylic acids is 4. The molecule has 5 aliphatic rings. The second-order valence-electron chi connectivity index (χ2n) is 17.8. The SMILES string of the molecule is Nc1ccc(-c2cccs2)cc1NC(=O)c1ccc(CN2C(=O)C(Nc3ccc(-c4cccs4)cc3NC(=O)c3ccc(N4CC5(CCOCC5)OC4=O)nc3)CC23CN(C2CC2)C3)nc1. The van der Waals surface area contributed by atoms with E-state index in [1.165, 1.54) is 23.9 Å². The zero-order valence-corrected chi connectivity index (χ0v) is 37.5. The lowest BCUT2D eigenvalue weighted by molar-refractivity contribution is -0.138. The van der Waals surface area contributed by atoms with E-state index in [2.05, 4.69) is 30.8 Å². The van der Waals surface area contributed by atoms with E-state index < -0.39 is 23.3 Å². The Labute approximate surface area is 388 Å². The van der Waals surface area contributed by atoms with E-state index in [9.17, 15) is 19.2 Å². The highest BCUT2D eigenvalue weighted by molar-refractivity contribution is 7.13. The number of ether oxygens (including phenoxy) is 2. The van der Waals surface area contributed by atoms with Gasteiger partial charge in [0.25, 0.3) is 11.8 Å². The number of nitrogens with one attached hydrogen (secondary N) is 3.